The molecule has 0 amide bonds. The van der Waals surface area contributed by atoms with Crippen LogP contribution in [-0.4, -0.2) is 40.8 Å². The normalized spacial score (nSPS) is 11.7. The lowest BCUT2D eigenvalue weighted by Crippen LogP contribution is -2.02. The summed E-state index contributed by atoms with van der Waals surface area (Å²) in [6, 6.07) is 12.5. The molecule has 0 aliphatic carbocycles. The van der Waals surface area contributed by atoms with Gasteiger partial charge in [0.05, 0.1) is 22.9 Å². The first-order chi connectivity index (χ1) is 19.0. The minimum Gasteiger partial charge on any atom is -0.476 e. The molecule has 40 heavy (non-hydrogen) atoms. The highest BCUT2D eigenvalue weighted by Gasteiger charge is 2.23. The summed E-state index contributed by atoms with van der Waals surface area (Å²) in [7, 11) is -3.42. The number of oxazole rings is 1. The molecule has 206 valence electrons. The molecule has 8 nitrogen and oxygen atoms in total. The van der Waals surface area contributed by atoms with Gasteiger partial charge in [-0.15, -0.1) is 0 Å². The summed E-state index contributed by atoms with van der Waals surface area (Å²) in [6.45, 7) is 9.36. The van der Waals surface area contributed by atoms with E-state index in [9.17, 15) is 12.8 Å². The van der Waals surface area contributed by atoms with Gasteiger partial charge in [0.2, 0.25) is 5.88 Å². The van der Waals surface area contributed by atoms with Gasteiger partial charge in [0.15, 0.2) is 27.3 Å². The van der Waals surface area contributed by atoms with Crippen LogP contribution in [0.25, 0.3) is 39.4 Å². The Labute approximate surface area is 232 Å². The summed E-state index contributed by atoms with van der Waals surface area (Å²) in [5, 5.41) is 0. The molecule has 3 heterocycles. The highest BCUT2D eigenvalue weighted by Crippen LogP contribution is 2.39. The molecule has 0 atom stereocenters. The maximum Gasteiger partial charge on any atom is 0.250 e. The van der Waals surface area contributed by atoms with E-state index in [-0.39, 0.29) is 17.4 Å². The van der Waals surface area contributed by atoms with Crippen molar-refractivity contribution in [3.63, 3.8) is 0 Å². The first kappa shape index (κ1) is 27.3. The monoisotopic (exact) mass is 560 g/mol. The topological polar surface area (TPSA) is 100 Å². The highest BCUT2D eigenvalue weighted by atomic mass is 32.2. The van der Waals surface area contributed by atoms with Crippen LogP contribution in [0.4, 0.5) is 4.39 Å². The average Bonchev–Trinajstić information content (AvgIpc) is 3.45. The Morgan fingerprint density at radius 1 is 0.975 bits per heavy atom. The molecular weight excluding hydrogens is 531 g/mol. The number of rotatable bonds is 7. The summed E-state index contributed by atoms with van der Waals surface area (Å²) in [5.41, 5.74) is 5.40. The van der Waals surface area contributed by atoms with Crippen molar-refractivity contribution in [3.05, 3.63) is 83.6 Å². The molecule has 0 unspecified atom stereocenters. The van der Waals surface area contributed by atoms with Crippen LogP contribution in [0, 0.1) is 33.5 Å². The molecule has 5 aromatic rings. The van der Waals surface area contributed by atoms with E-state index in [2.05, 4.69) is 9.97 Å². The van der Waals surface area contributed by atoms with E-state index in [1.54, 1.807) is 32.9 Å². The Bertz CT molecular complexity index is 1860. The summed E-state index contributed by atoms with van der Waals surface area (Å²) in [5.74, 6) is 0.820. The van der Waals surface area contributed by atoms with Gasteiger partial charge in [-0.1, -0.05) is 18.2 Å². The number of halogens is 1. The molecule has 5 rings (SSSR count). The van der Waals surface area contributed by atoms with Gasteiger partial charge < -0.3 is 13.7 Å². The zero-order chi connectivity index (χ0) is 28.8. The summed E-state index contributed by atoms with van der Waals surface area (Å²) in [6.07, 6.45) is 4.62. The molecule has 0 saturated carbocycles. The molecule has 0 saturated heterocycles. The van der Waals surface area contributed by atoms with E-state index in [0.29, 0.717) is 34.0 Å². The Balaban J connectivity index is 1.75. The van der Waals surface area contributed by atoms with Gasteiger partial charge in [-0.2, -0.15) is 0 Å². The van der Waals surface area contributed by atoms with Crippen molar-refractivity contribution >= 4 is 9.84 Å². The van der Waals surface area contributed by atoms with Gasteiger partial charge in [0.1, 0.15) is 11.5 Å². The van der Waals surface area contributed by atoms with E-state index in [1.165, 1.54) is 18.5 Å². The van der Waals surface area contributed by atoms with Crippen molar-refractivity contribution in [3.8, 4) is 45.3 Å². The van der Waals surface area contributed by atoms with Gasteiger partial charge in [-0.3, -0.25) is 0 Å². The highest BCUT2D eigenvalue weighted by molar-refractivity contribution is 7.90. The molecule has 0 bridgehead atoms. The van der Waals surface area contributed by atoms with Crippen LogP contribution in [-0.2, 0) is 9.84 Å². The lowest BCUT2D eigenvalue weighted by molar-refractivity contribution is 0.307. The summed E-state index contributed by atoms with van der Waals surface area (Å²) >= 11 is 0. The fourth-order valence-corrected chi connectivity index (χ4v) is 5.75. The molecule has 2 aromatic carbocycles. The van der Waals surface area contributed by atoms with Crippen LogP contribution >= 0.6 is 0 Å². The lowest BCUT2D eigenvalue weighted by Gasteiger charge is -2.15. The first-order valence-corrected chi connectivity index (χ1v) is 14.6. The van der Waals surface area contributed by atoms with Gasteiger partial charge in [-0.05, 0) is 68.7 Å². The van der Waals surface area contributed by atoms with Crippen molar-refractivity contribution in [2.45, 2.75) is 39.5 Å². The third-order valence-electron chi connectivity index (χ3n) is 6.52. The Morgan fingerprint density at radius 3 is 2.35 bits per heavy atom. The number of imidazole rings is 1. The van der Waals surface area contributed by atoms with Crippen LogP contribution in [0.5, 0.6) is 5.88 Å². The van der Waals surface area contributed by atoms with Crippen LogP contribution in [0.1, 0.15) is 29.9 Å². The van der Waals surface area contributed by atoms with Crippen LogP contribution in [0.2, 0.25) is 0 Å². The lowest BCUT2D eigenvalue weighted by atomic mass is 9.97. The largest absolute Gasteiger partial charge is 0.476 e. The number of pyridine rings is 1. The third-order valence-corrected chi connectivity index (χ3v) is 7.76. The van der Waals surface area contributed by atoms with Crippen molar-refractivity contribution < 1.29 is 22.0 Å². The third kappa shape index (κ3) is 5.14. The molecule has 0 aliphatic heterocycles. The maximum atomic E-state index is 14.8. The first-order valence-electron chi connectivity index (χ1n) is 12.7. The number of hydrogen-bond acceptors (Lipinski definition) is 7. The zero-order valence-electron chi connectivity index (χ0n) is 23.1. The molecule has 0 spiro atoms. The van der Waals surface area contributed by atoms with Crippen LogP contribution in [0.3, 0.4) is 0 Å². The summed E-state index contributed by atoms with van der Waals surface area (Å²) < 4.78 is 52.9. The number of ether oxygens (including phenoxy) is 1. The molecule has 0 aliphatic rings. The average molecular weight is 561 g/mol. The van der Waals surface area contributed by atoms with Gasteiger partial charge in [0.25, 0.3) is 0 Å². The molecule has 0 radical (unpaired) electrons. The fourth-order valence-electron chi connectivity index (χ4n) is 4.75. The number of hydrogen-bond donors (Lipinski definition) is 0. The van der Waals surface area contributed by atoms with E-state index in [1.807, 2.05) is 48.9 Å². The molecule has 0 fully saturated rings. The van der Waals surface area contributed by atoms with Gasteiger partial charge in [-0.25, -0.2) is 27.8 Å². The predicted octanol–water partition coefficient (Wildman–Crippen LogP) is 6.43. The van der Waals surface area contributed by atoms with Crippen molar-refractivity contribution in [1.82, 2.24) is 19.5 Å². The second kappa shape index (κ2) is 10.3. The standard InChI is InChI=1S/C30H29FN4O4S/c1-7-38-30-25(31)13-23(15-32-30)29-28(34-20(5)39-29)24-12-21(10-11-26(24)35-16-18(3)33-19(35)4)22-9-8-17(2)27(14-22)40(6,36)37/h8-16H,7H2,1-6H3. The second-order valence-electron chi connectivity index (χ2n) is 9.64. The second-order valence-corrected chi connectivity index (χ2v) is 11.6. The molecule has 10 heteroatoms. The number of benzene rings is 2. The van der Waals surface area contributed by atoms with E-state index >= 15 is 0 Å². The predicted molar refractivity (Wildman–Crippen MR) is 151 cm³/mol. The van der Waals surface area contributed by atoms with Crippen molar-refractivity contribution in [1.29, 1.82) is 0 Å². The smallest absolute Gasteiger partial charge is 0.250 e. The van der Waals surface area contributed by atoms with Crippen molar-refractivity contribution in [2.24, 2.45) is 0 Å². The Kier molecular flexibility index (Phi) is 7.05. The van der Waals surface area contributed by atoms with E-state index < -0.39 is 15.7 Å². The van der Waals surface area contributed by atoms with Crippen molar-refractivity contribution in [2.75, 3.05) is 12.9 Å². The zero-order valence-corrected chi connectivity index (χ0v) is 23.9. The SMILES string of the molecule is CCOc1ncc(-c2oc(C)nc2-c2cc(-c3ccc(C)c(S(C)(=O)=O)c3)ccc2-n2cc(C)nc2C)cc1F. The summed E-state index contributed by atoms with van der Waals surface area (Å²) in [4.78, 5) is 13.7. The van der Waals surface area contributed by atoms with Crippen LogP contribution in [0.15, 0.2) is 64.2 Å². The molecule has 3 aromatic heterocycles. The minimum absolute atomic E-state index is 0.0858. The van der Waals surface area contributed by atoms with Gasteiger partial charge in [0, 0.05) is 36.7 Å². The quantitative estimate of drug-likeness (QED) is 0.226. The number of aryl methyl sites for hydroxylation is 4. The van der Waals surface area contributed by atoms with Crippen LogP contribution < -0.4 is 4.74 Å². The number of nitrogens with zero attached hydrogens (tertiary/aromatic N) is 4. The Hall–Kier alpha value is -4.31. The fraction of sp³-hybridized carbons (Fsp3) is 0.233. The van der Waals surface area contributed by atoms with Gasteiger partial charge >= 0.3 is 0 Å². The van der Waals surface area contributed by atoms with E-state index in [0.717, 1.165) is 28.3 Å². The molecule has 0 N–H and O–H groups in total. The number of aromatic nitrogens is 4. The minimum atomic E-state index is -3.42. The Morgan fingerprint density at radius 2 is 1.70 bits per heavy atom. The molecular formula is C30H29FN4O4S. The maximum absolute atomic E-state index is 14.8. The number of sulfone groups is 1. The van der Waals surface area contributed by atoms with E-state index in [4.69, 9.17) is 14.1 Å².